The van der Waals surface area contributed by atoms with Crippen LogP contribution in [0.15, 0.2) is 40.8 Å². The van der Waals surface area contributed by atoms with Crippen LogP contribution in [0.25, 0.3) is 21.9 Å². The van der Waals surface area contributed by atoms with E-state index in [1.807, 2.05) is 24.3 Å². The summed E-state index contributed by atoms with van der Waals surface area (Å²) in [6, 6.07) is 12.1. The average Bonchev–Trinajstić information content (AvgIpc) is 3.33. The van der Waals surface area contributed by atoms with Gasteiger partial charge in [-0.05, 0) is 100 Å². The number of hydrogen-bond donors (Lipinski definition) is 2. The first-order valence-corrected chi connectivity index (χ1v) is 15.8. The summed E-state index contributed by atoms with van der Waals surface area (Å²) in [6.07, 6.45) is 10.1. The van der Waals surface area contributed by atoms with Gasteiger partial charge in [-0.1, -0.05) is 65.5 Å². The van der Waals surface area contributed by atoms with E-state index >= 15 is 0 Å². The van der Waals surface area contributed by atoms with Gasteiger partial charge in [0.2, 0.25) is 0 Å². The number of aliphatic hydroxyl groups excluding tert-OH is 2. The zero-order valence-corrected chi connectivity index (χ0v) is 25.1. The predicted molar refractivity (Wildman–Crippen MR) is 165 cm³/mol. The molecule has 0 aliphatic heterocycles. The van der Waals surface area contributed by atoms with Gasteiger partial charge in [0.05, 0.1) is 12.2 Å². The van der Waals surface area contributed by atoms with Crippen molar-refractivity contribution in [2.24, 2.45) is 0 Å². The molecule has 39 heavy (non-hydrogen) atoms. The fourth-order valence-electron chi connectivity index (χ4n) is 5.37. The van der Waals surface area contributed by atoms with E-state index in [0.29, 0.717) is 0 Å². The molecule has 0 aliphatic carbocycles. The van der Waals surface area contributed by atoms with E-state index < -0.39 is 12.2 Å². The molecule has 2 atom stereocenters. The van der Waals surface area contributed by atoms with Crippen molar-refractivity contribution >= 4 is 21.9 Å². The topological polar surface area (TPSA) is 60.1 Å². The highest BCUT2D eigenvalue weighted by atomic mass is 16.3. The van der Waals surface area contributed by atoms with E-state index in [9.17, 15) is 10.2 Å². The molecule has 0 amide bonds. The number of nitrogens with zero attached hydrogens (tertiary/aromatic N) is 2. The van der Waals surface area contributed by atoms with E-state index in [4.69, 9.17) is 4.42 Å². The van der Waals surface area contributed by atoms with E-state index in [2.05, 4.69) is 49.6 Å². The molecule has 5 nitrogen and oxygen atoms in total. The SMILES string of the molecule is CCCCN(CCCC)CCC(O)c1ccc2oc3ccc(C(O)CCN(CCCC)CCCC)cc3c2c1. The van der Waals surface area contributed by atoms with Crippen molar-refractivity contribution in [3.8, 4) is 0 Å². The summed E-state index contributed by atoms with van der Waals surface area (Å²) in [6.45, 7) is 15.2. The smallest absolute Gasteiger partial charge is 0.135 e. The van der Waals surface area contributed by atoms with Crippen LogP contribution in [0.5, 0.6) is 0 Å². The highest BCUT2D eigenvalue weighted by molar-refractivity contribution is 6.05. The minimum absolute atomic E-state index is 0.504. The lowest BCUT2D eigenvalue weighted by atomic mass is 10.0. The summed E-state index contributed by atoms with van der Waals surface area (Å²) in [4.78, 5) is 5.00. The molecule has 0 saturated carbocycles. The Kier molecular flexibility index (Phi) is 13.8. The molecule has 3 rings (SSSR count). The molecular formula is C34H54N2O3. The van der Waals surface area contributed by atoms with E-state index in [0.717, 1.165) is 85.2 Å². The number of hydrogen-bond acceptors (Lipinski definition) is 5. The standard InChI is InChI=1S/C34H54N2O3/c1-5-9-19-35(20-10-6-2)23-17-31(37)27-13-15-33-29(25-27)30-26-28(14-16-34(30)39-33)32(38)18-24-36(21-11-7-3)22-12-8-4/h13-16,25-26,31-32,37-38H,5-12,17-24H2,1-4H3. The summed E-state index contributed by atoms with van der Waals surface area (Å²) in [7, 11) is 0. The first-order chi connectivity index (χ1) is 19.0. The Labute approximate surface area is 237 Å². The molecule has 0 aliphatic rings. The van der Waals surface area contributed by atoms with Gasteiger partial charge in [-0.15, -0.1) is 0 Å². The molecule has 1 heterocycles. The van der Waals surface area contributed by atoms with E-state index in [1.165, 1.54) is 51.4 Å². The molecule has 0 radical (unpaired) electrons. The molecule has 5 heteroatoms. The molecule has 0 saturated heterocycles. The van der Waals surface area contributed by atoms with E-state index in [1.54, 1.807) is 0 Å². The molecule has 0 bridgehead atoms. The third kappa shape index (κ3) is 9.60. The largest absolute Gasteiger partial charge is 0.456 e. The number of aliphatic hydroxyl groups is 2. The van der Waals surface area contributed by atoms with Crippen molar-refractivity contribution in [3.05, 3.63) is 47.5 Å². The Morgan fingerprint density at radius 2 is 0.923 bits per heavy atom. The van der Waals surface area contributed by atoms with Gasteiger partial charge >= 0.3 is 0 Å². The molecular weight excluding hydrogens is 484 g/mol. The van der Waals surface area contributed by atoms with Crippen LogP contribution in [0, 0.1) is 0 Å². The van der Waals surface area contributed by atoms with E-state index in [-0.39, 0.29) is 0 Å². The molecule has 0 fully saturated rings. The third-order valence-electron chi connectivity index (χ3n) is 8.04. The summed E-state index contributed by atoms with van der Waals surface area (Å²) in [5.74, 6) is 0. The van der Waals surface area contributed by atoms with Crippen LogP contribution in [-0.4, -0.2) is 59.3 Å². The fraction of sp³-hybridized carbons (Fsp3) is 0.647. The van der Waals surface area contributed by atoms with Crippen LogP contribution >= 0.6 is 0 Å². The number of benzene rings is 2. The summed E-state index contributed by atoms with van der Waals surface area (Å²) in [5.41, 5.74) is 3.52. The quantitative estimate of drug-likeness (QED) is 0.152. The number of rotatable bonds is 20. The Morgan fingerprint density at radius 1 is 0.564 bits per heavy atom. The fourth-order valence-corrected chi connectivity index (χ4v) is 5.37. The Hall–Kier alpha value is -1.92. The lowest BCUT2D eigenvalue weighted by Gasteiger charge is -2.23. The van der Waals surface area contributed by atoms with Crippen LogP contribution in [-0.2, 0) is 0 Å². The molecule has 218 valence electrons. The molecule has 2 aromatic carbocycles. The second-order valence-corrected chi connectivity index (χ2v) is 11.3. The summed E-state index contributed by atoms with van der Waals surface area (Å²) in [5, 5.41) is 24.2. The molecule has 0 spiro atoms. The van der Waals surface area contributed by atoms with Gasteiger partial charge < -0.3 is 24.4 Å². The highest BCUT2D eigenvalue weighted by Crippen LogP contribution is 2.33. The van der Waals surface area contributed by atoms with Gasteiger partial charge in [0.25, 0.3) is 0 Å². The highest BCUT2D eigenvalue weighted by Gasteiger charge is 2.17. The first kappa shape index (κ1) is 31.6. The molecule has 2 N–H and O–H groups in total. The Morgan fingerprint density at radius 3 is 1.26 bits per heavy atom. The Balaban J connectivity index is 1.71. The lowest BCUT2D eigenvalue weighted by Crippen LogP contribution is -2.28. The number of fused-ring (bicyclic) bond motifs is 3. The third-order valence-corrected chi connectivity index (χ3v) is 8.04. The predicted octanol–water partition coefficient (Wildman–Crippen LogP) is 8.24. The van der Waals surface area contributed by atoms with Crippen molar-refractivity contribution in [2.45, 2.75) is 104 Å². The van der Waals surface area contributed by atoms with Gasteiger partial charge in [-0.3, -0.25) is 0 Å². The monoisotopic (exact) mass is 538 g/mol. The normalized spacial score (nSPS) is 13.7. The van der Waals surface area contributed by atoms with Crippen LogP contribution in [0.2, 0.25) is 0 Å². The zero-order valence-electron chi connectivity index (χ0n) is 25.1. The first-order valence-electron chi connectivity index (χ1n) is 15.8. The summed E-state index contributed by atoms with van der Waals surface area (Å²) < 4.78 is 6.12. The van der Waals surface area contributed by atoms with Crippen molar-refractivity contribution in [3.63, 3.8) is 0 Å². The maximum Gasteiger partial charge on any atom is 0.135 e. The van der Waals surface area contributed by atoms with Gasteiger partial charge in [-0.25, -0.2) is 0 Å². The lowest BCUT2D eigenvalue weighted by molar-refractivity contribution is 0.140. The van der Waals surface area contributed by atoms with Crippen LogP contribution < -0.4 is 0 Å². The van der Waals surface area contributed by atoms with Crippen LogP contribution in [0.1, 0.15) is 115 Å². The average molecular weight is 539 g/mol. The Bertz CT molecular complexity index is 994. The number of furan rings is 1. The van der Waals surface area contributed by atoms with Gasteiger partial charge in [0, 0.05) is 23.9 Å². The minimum Gasteiger partial charge on any atom is -0.456 e. The second-order valence-electron chi connectivity index (χ2n) is 11.3. The van der Waals surface area contributed by atoms with Gasteiger partial charge in [0.1, 0.15) is 11.2 Å². The molecule has 3 aromatic rings. The number of unbranched alkanes of at least 4 members (excludes halogenated alkanes) is 4. The van der Waals surface area contributed by atoms with Crippen molar-refractivity contribution in [1.82, 2.24) is 9.80 Å². The maximum absolute atomic E-state index is 11.1. The maximum atomic E-state index is 11.1. The molecule has 1 aromatic heterocycles. The molecule has 2 unspecified atom stereocenters. The van der Waals surface area contributed by atoms with Crippen molar-refractivity contribution in [2.75, 3.05) is 39.3 Å². The van der Waals surface area contributed by atoms with Crippen LogP contribution in [0.4, 0.5) is 0 Å². The minimum atomic E-state index is -0.504. The van der Waals surface area contributed by atoms with Crippen molar-refractivity contribution < 1.29 is 14.6 Å². The second kappa shape index (κ2) is 17.0. The van der Waals surface area contributed by atoms with Gasteiger partial charge in [0.15, 0.2) is 0 Å². The summed E-state index contributed by atoms with van der Waals surface area (Å²) >= 11 is 0. The van der Waals surface area contributed by atoms with Crippen molar-refractivity contribution in [1.29, 1.82) is 0 Å². The van der Waals surface area contributed by atoms with Crippen LogP contribution in [0.3, 0.4) is 0 Å². The van der Waals surface area contributed by atoms with Gasteiger partial charge in [-0.2, -0.15) is 0 Å². The zero-order chi connectivity index (χ0) is 28.0.